The zero-order chi connectivity index (χ0) is 13.8. The number of hydrogen-bond acceptors (Lipinski definition) is 3. The topological polar surface area (TPSA) is 82.7 Å². The first-order valence-electron chi connectivity index (χ1n) is 6.37. The van der Waals surface area contributed by atoms with E-state index in [4.69, 9.17) is 0 Å². The number of aromatic nitrogens is 3. The Bertz CT molecular complexity index is 608. The average Bonchev–Trinajstić information content (AvgIpc) is 2.76. The molecule has 102 valence electrons. The molecule has 0 bridgehead atoms. The van der Waals surface area contributed by atoms with E-state index in [1.807, 2.05) is 12.1 Å². The van der Waals surface area contributed by atoms with Gasteiger partial charge in [0.1, 0.15) is 0 Å². The van der Waals surface area contributed by atoms with Crippen LogP contribution in [0.25, 0.3) is 5.69 Å². The van der Waals surface area contributed by atoms with Gasteiger partial charge in [-0.25, -0.2) is 24.4 Å². The second-order valence-corrected chi connectivity index (χ2v) is 4.46. The number of nitrogens with zero attached hydrogens (tertiary/aromatic N) is 1. The molecule has 0 spiro atoms. The first-order chi connectivity index (χ1) is 9.13. The third kappa shape index (κ3) is 2.85. The summed E-state index contributed by atoms with van der Waals surface area (Å²) in [5.74, 6) is 0. The highest BCUT2D eigenvalue weighted by atomic mass is 16.2. The van der Waals surface area contributed by atoms with Crippen LogP contribution < -0.4 is 16.7 Å². The number of rotatable bonds is 5. The van der Waals surface area contributed by atoms with E-state index in [0.717, 1.165) is 23.1 Å². The summed E-state index contributed by atoms with van der Waals surface area (Å²) in [5, 5.41) is 7.90. The lowest BCUT2D eigenvalue weighted by atomic mass is 10.1. The van der Waals surface area contributed by atoms with Crippen LogP contribution in [0.1, 0.15) is 31.9 Å². The molecule has 1 aromatic carbocycles. The Labute approximate surface area is 110 Å². The van der Waals surface area contributed by atoms with E-state index in [9.17, 15) is 9.59 Å². The molecule has 1 atom stereocenters. The minimum atomic E-state index is -0.463. The SMILES string of the molecule is CCCNC(C)c1ccc(-n2c(=O)[nH][nH]c2=O)cc1. The Morgan fingerprint density at radius 3 is 2.26 bits per heavy atom. The lowest BCUT2D eigenvalue weighted by Crippen LogP contribution is -2.24. The third-order valence-corrected chi connectivity index (χ3v) is 3.03. The second kappa shape index (κ2) is 5.71. The van der Waals surface area contributed by atoms with Gasteiger partial charge in [0.05, 0.1) is 5.69 Å². The molecule has 6 nitrogen and oxygen atoms in total. The molecule has 0 radical (unpaired) electrons. The number of nitrogens with one attached hydrogen (secondary N) is 3. The van der Waals surface area contributed by atoms with Gasteiger partial charge in [0.15, 0.2) is 0 Å². The summed E-state index contributed by atoms with van der Waals surface area (Å²) >= 11 is 0. The van der Waals surface area contributed by atoms with Crippen molar-refractivity contribution < 1.29 is 0 Å². The summed E-state index contributed by atoms with van der Waals surface area (Å²) in [5.41, 5.74) is 0.751. The maximum atomic E-state index is 11.5. The van der Waals surface area contributed by atoms with Gasteiger partial charge in [-0.1, -0.05) is 19.1 Å². The summed E-state index contributed by atoms with van der Waals surface area (Å²) in [6.07, 6.45) is 1.08. The van der Waals surface area contributed by atoms with Crippen molar-refractivity contribution in [3.8, 4) is 5.69 Å². The standard InChI is InChI=1S/C13H18N4O2/c1-3-8-14-9(2)10-4-6-11(7-5-10)17-12(18)15-16-13(17)19/h4-7,9,14H,3,8H2,1-2H3,(H,15,18)(H,16,19). The first kappa shape index (κ1) is 13.4. The lowest BCUT2D eigenvalue weighted by molar-refractivity contribution is 0.570. The molecule has 1 heterocycles. The highest BCUT2D eigenvalue weighted by molar-refractivity contribution is 5.35. The Hall–Kier alpha value is -2.08. The zero-order valence-electron chi connectivity index (χ0n) is 11.1. The molecule has 0 aliphatic carbocycles. The van der Waals surface area contributed by atoms with Gasteiger partial charge in [0.25, 0.3) is 0 Å². The van der Waals surface area contributed by atoms with Crippen LogP contribution in [0.4, 0.5) is 0 Å². The Morgan fingerprint density at radius 2 is 1.74 bits per heavy atom. The summed E-state index contributed by atoms with van der Waals surface area (Å²) in [7, 11) is 0. The van der Waals surface area contributed by atoms with Gasteiger partial charge >= 0.3 is 11.4 Å². The van der Waals surface area contributed by atoms with Crippen molar-refractivity contribution in [2.75, 3.05) is 6.54 Å². The van der Waals surface area contributed by atoms with E-state index in [1.165, 1.54) is 0 Å². The van der Waals surface area contributed by atoms with Crippen LogP contribution in [0.2, 0.25) is 0 Å². The summed E-state index contributed by atoms with van der Waals surface area (Å²) < 4.78 is 1.06. The molecule has 0 amide bonds. The predicted octanol–water partition coefficient (Wildman–Crippen LogP) is 0.914. The zero-order valence-corrected chi connectivity index (χ0v) is 11.1. The summed E-state index contributed by atoms with van der Waals surface area (Å²) in [6, 6.07) is 7.62. The molecule has 2 rings (SSSR count). The Morgan fingerprint density at radius 1 is 1.16 bits per heavy atom. The number of hydrogen-bond donors (Lipinski definition) is 3. The number of benzene rings is 1. The van der Waals surface area contributed by atoms with Crippen molar-refractivity contribution >= 4 is 0 Å². The largest absolute Gasteiger partial charge is 0.348 e. The molecule has 0 aliphatic rings. The van der Waals surface area contributed by atoms with Crippen molar-refractivity contribution in [3.05, 3.63) is 50.8 Å². The fourth-order valence-electron chi connectivity index (χ4n) is 1.94. The predicted molar refractivity (Wildman–Crippen MR) is 73.7 cm³/mol. The van der Waals surface area contributed by atoms with Crippen molar-refractivity contribution in [3.63, 3.8) is 0 Å². The fourth-order valence-corrected chi connectivity index (χ4v) is 1.94. The molecule has 3 N–H and O–H groups in total. The van der Waals surface area contributed by atoms with E-state index >= 15 is 0 Å². The maximum absolute atomic E-state index is 11.5. The van der Waals surface area contributed by atoms with Gasteiger partial charge in [-0.3, -0.25) is 0 Å². The molecule has 6 heteroatoms. The summed E-state index contributed by atoms with van der Waals surface area (Å²) in [4.78, 5) is 22.9. The number of aromatic amines is 2. The van der Waals surface area contributed by atoms with E-state index in [0.29, 0.717) is 5.69 Å². The lowest BCUT2D eigenvalue weighted by Gasteiger charge is -2.13. The minimum absolute atomic E-state index is 0.246. The Balaban J connectivity index is 2.24. The summed E-state index contributed by atoms with van der Waals surface area (Å²) in [6.45, 7) is 5.16. The molecule has 0 fully saturated rings. The van der Waals surface area contributed by atoms with Crippen molar-refractivity contribution in [2.45, 2.75) is 26.3 Å². The maximum Gasteiger partial charge on any atom is 0.348 e. The van der Waals surface area contributed by atoms with E-state index in [-0.39, 0.29) is 6.04 Å². The average molecular weight is 262 g/mol. The highest BCUT2D eigenvalue weighted by Gasteiger charge is 2.07. The molecule has 19 heavy (non-hydrogen) atoms. The van der Waals surface area contributed by atoms with Crippen LogP contribution >= 0.6 is 0 Å². The van der Waals surface area contributed by atoms with Gasteiger partial charge in [-0.2, -0.15) is 0 Å². The highest BCUT2D eigenvalue weighted by Crippen LogP contribution is 2.14. The quantitative estimate of drug-likeness (QED) is 0.749. The molecular weight excluding hydrogens is 244 g/mol. The van der Waals surface area contributed by atoms with Gasteiger partial charge in [0, 0.05) is 6.04 Å². The van der Waals surface area contributed by atoms with Gasteiger partial charge in [0.2, 0.25) is 0 Å². The number of H-pyrrole nitrogens is 2. The van der Waals surface area contributed by atoms with Crippen LogP contribution in [0.3, 0.4) is 0 Å². The smallest absolute Gasteiger partial charge is 0.310 e. The normalized spacial score (nSPS) is 12.5. The molecule has 0 saturated carbocycles. The molecule has 0 saturated heterocycles. The second-order valence-electron chi connectivity index (χ2n) is 4.46. The van der Waals surface area contributed by atoms with Gasteiger partial charge < -0.3 is 5.32 Å². The molecular formula is C13H18N4O2. The van der Waals surface area contributed by atoms with Gasteiger partial charge in [-0.15, -0.1) is 0 Å². The molecule has 1 aromatic heterocycles. The monoisotopic (exact) mass is 262 g/mol. The van der Waals surface area contributed by atoms with Gasteiger partial charge in [-0.05, 0) is 37.6 Å². The first-order valence-corrected chi connectivity index (χ1v) is 6.37. The minimum Gasteiger partial charge on any atom is -0.310 e. The molecule has 0 aliphatic heterocycles. The van der Waals surface area contributed by atoms with E-state index < -0.39 is 11.4 Å². The van der Waals surface area contributed by atoms with E-state index in [2.05, 4.69) is 29.4 Å². The van der Waals surface area contributed by atoms with Crippen LogP contribution in [-0.4, -0.2) is 21.3 Å². The van der Waals surface area contributed by atoms with Crippen LogP contribution in [0.15, 0.2) is 33.9 Å². The van der Waals surface area contributed by atoms with Crippen molar-refractivity contribution in [1.82, 2.24) is 20.1 Å². The fraction of sp³-hybridized carbons (Fsp3) is 0.385. The van der Waals surface area contributed by atoms with Crippen molar-refractivity contribution in [1.29, 1.82) is 0 Å². The molecule has 1 unspecified atom stereocenters. The van der Waals surface area contributed by atoms with Crippen LogP contribution in [0, 0.1) is 0 Å². The Kier molecular flexibility index (Phi) is 4.01. The van der Waals surface area contributed by atoms with Crippen molar-refractivity contribution in [2.24, 2.45) is 0 Å². The van der Waals surface area contributed by atoms with Crippen LogP contribution in [-0.2, 0) is 0 Å². The third-order valence-electron chi connectivity index (χ3n) is 3.03. The molecule has 2 aromatic rings. The van der Waals surface area contributed by atoms with Crippen LogP contribution in [0.5, 0.6) is 0 Å². The van der Waals surface area contributed by atoms with E-state index in [1.54, 1.807) is 12.1 Å².